The molecule has 2 aliphatic rings. The molecule has 1 N–H and O–H groups in total. The van der Waals surface area contributed by atoms with Gasteiger partial charge >= 0.3 is 0 Å². The van der Waals surface area contributed by atoms with Gasteiger partial charge in [0.05, 0.1) is 11.1 Å². The fraction of sp³-hybridized carbons (Fsp3) is 0.370. The highest BCUT2D eigenvalue weighted by molar-refractivity contribution is 6.08. The maximum Gasteiger partial charge on any atom is 0.252 e. The van der Waals surface area contributed by atoms with Crippen molar-refractivity contribution in [2.75, 3.05) is 13.1 Å². The second-order valence-corrected chi connectivity index (χ2v) is 9.75. The Bertz CT molecular complexity index is 1290. The van der Waals surface area contributed by atoms with Crippen LogP contribution in [0, 0.1) is 24.0 Å². The predicted molar refractivity (Wildman–Crippen MR) is 126 cm³/mol. The van der Waals surface area contributed by atoms with Crippen LogP contribution in [0.1, 0.15) is 48.5 Å². The van der Waals surface area contributed by atoms with Crippen molar-refractivity contribution in [2.45, 2.75) is 45.6 Å². The number of piperidine rings is 1. The Kier molecular flexibility index (Phi) is 5.58. The molecular weight excluding hydrogens is 436 g/mol. The number of aryl methyl sites for hydroxylation is 1. The Labute approximate surface area is 197 Å². The number of nitrogens with one attached hydrogen (secondary N) is 1. The van der Waals surface area contributed by atoms with Gasteiger partial charge in [0, 0.05) is 41.7 Å². The molecule has 0 spiro atoms. The molecule has 1 saturated heterocycles. The SMILES string of the molecule is Cc1cnc2ccc(-c3cccc(F)c3F)cc2c1C(=O)NC1CCN(C(=O)C2(C)CC2)CC1. The lowest BCUT2D eigenvalue weighted by Gasteiger charge is -2.34. The summed E-state index contributed by atoms with van der Waals surface area (Å²) in [5, 5.41) is 3.71. The van der Waals surface area contributed by atoms with Crippen molar-refractivity contribution in [3.63, 3.8) is 0 Å². The average Bonchev–Trinajstić information content (AvgIpc) is 3.59. The van der Waals surface area contributed by atoms with Gasteiger partial charge in [-0.25, -0.2) is 8.78 Å². The van der Waals surface area contributed by atoms with Gasteiger partial charge in [0.15, 0.2) is 11.6 Å². The number of hydrogen-bond donors (Lipinski definition) is 1. The first-order valence-corrected chi connectivity index (χ1v) is 11.7. The van der Waals surface area contributed by atoms with Crippen molar-refractivity contribution in [1.29, 1.82) is 0 Å². The Balaban J connectivity index is 1.38. The molecule has 7 heteroatoms. The summed E-state index contributed by atoms with van der Waals surface area (Å²) >= 11 is 0. The lowest BCUT2D eigenvalue weighted by atomic mass is 9.97. The lowest BCUT2D eigenvalue weighted by Crippen LogP contribution is -2.48. The number of benzene rings is 2. The first-order chi connectivity index (χ1) is 16.3. The first-order valence-electron chi connectivity index (χ1n) is 11.7. The minimum atomic E-state index is -0.921. The van der Waals surface area contributed by atoms with E-state index in [-0.39, 0.29) is 28.8 Å². The standard InChI is InChI=1S/C27H27F2N3O2/c1-16-15-30-22-7-6-17(19-4-3-5-21(28)24(19)29)14-20(22)23(16)25(33)31-18-8-12-32(13-9-18)26(34)27(2)10-11-27/h3-7,14-15,18H,8-13H2,1-2H3,(H,31,33). The van der Waals surface area contributed by atoms with Crippen LogP contribution in [0.5, 0.6) is 0 Å². The number of fused-ring (bicyclic) bond motifs is 1. The van der Waals surface area contributed by atoms with Gasteiger partial charge in [-0.05, 0) is 61.9 Å². The fourth-order valence-electron chi connectivity index (χ4n) is 4.76. The highest BCUT2D eigenvalue weighted by atomic mass is 19.2. The molecule has 34 heavy (non-hydrogen) atoms. The van der Waals surface area contributed by atoms with Gasteiger partial charge in [0.25, 0.3) is 5.91 Å². The van der Waals surface area contributed by atoms with Crippen molar-refractivity contribution in [3.8, 4) is 11.1 Å². The summed E-state index contributed by atoms with van der Waals surface area (Å²) in [5.74, 6) is -1.83. The molecule has 5 nitrogen and oxygen atoms in total. The molecule has 2 aromatic carbocycles. The molecular formula is C27H27F2N3O2. The average molecular weight is 464 g/mol. The third-order valence-corrected chi connectivity index (χ3v) is 7.18. The van der Waals surface area contributed by atoms with E-state index in [9.17, 15) is 18.4 Å². The molecule has 2 heterocycles. The van der Waals surface area contributed by atoms with Gasteiger partial charge < -0.3 is 10.2 Å². The van der Waals surface area contributed by atoms with Crippen LogP contribution in [-0.4, -0.2) is 40.8 Å². The van der Waals surface area contributed by atoms with Gasteiger partial charge in [0.2, 0.25) is 5.91 Å². The molecule has 2 amide bonds. The summed E-state index contributed by atoms with van der Waals surface area (Å²) in [6, 6.07) is 9.11. The highest BCUT2D eigenvalue weighted by Crippen LogP contribution is 2.46. The van der Waals surface area contributed by atoms with Crippen LogP contribution >= 0.6 is 0 Å². The van der Waals surface area contributed by atoms with Crippen molar-refractivity contribution in [3.05, 3.63) is 65.4 Å². The van der Waals surface area contributed by atoms with Crippen LogP contribution in [0.15, 0.2) is 42.6 Å². The number of carbonyl (C=O) groups is 2. The summed E-state index contributed by atoms with van der Waals surface area (Å²) in [6.07, 6.45) is 4.97. The Hall–Kier alpha value is -3.35. The minimum absolute atomic E-state index is 0.0324. The predicted octanol–water partition coefficient (Wildman–Crippen LogP) is 5.01. The monoisotopic (exact) mass is 463 g/mol. The fourth-order valence-corrected chi connectivity index (χ4v) is 4.76. The zero-order valence-electron chi connectivity index (χ0n) is 19.3. The molecule has 3 aromatic rings. The van der Waals surface area contributed by atoms with E-state index in [0.717, 1.165) is 18.9 Å². The Morgan fingerprint density at radius 2 is 1.85 bits per heavy atom. The summed E-state index contributed by atoms with van der Waals surface area (Å²) < 4.78 is 28.2. The van der Waals surface area contributed by atoms with Crippen LogP contribution in [-0.2, 0) is 4.79 Å². The maximum absolute atomic E-state index is 14.4. The van der Waals surface area contributed by atoms with Crippen LogP contribution in [0.4, 0.5) is 8.78 Å². The van der Waals surface area contributed by atoms with Crippen molar-refractivity contribution >= 4 is 22.7 Å². The Morgan fingerprint density at radius 3 is 2.56 bits per heavy atom. The van der Waals surface area contributed by atoms with Gasteiger partial charge in [-0.15, -0.1) is 0 Å². The molecule has 1 aliphatic carbocycles. The van der Waals surface area contributed by atoms with Crippen LogP contribution < -0.4 is 5.32 Å². The molecule has 5 rings (SSSR count). The first kappa shape index (κ1) is 22.4. The molecule has 0 unspecified atom stereocenters. The van der Waals surface area contributed by atoms with Gasteiger partial charge in [-0.1, -0.05) is 25.1 Å². The molecule has 2 fully saturated rings. The number of likely N-dealkylation sites (tertiary alicyclic amines) is 1. The number of rotatable bonds is 4. The molecule has 0 atom stereocenters. The molecule has 176 valence electrons. The number of nitrogens with zero attached hydrogens (tertiary/aromatic N) is 2. The number of pyridine rings is 1. The number of aromatic nitrogens is 1. The van der Waals surface area contributed by atoms with E-state index >= 15 is 0 Å². The second-order valence-electron chi connectivity index (χ2n) is 9.75. The maximum atomic E-state index is 14.4. The summed E-state index contributed by atoms with van der Waals surface area (Å²) in [5.41, 5.74) is 2.22. The topological polar surface area (TPSA) is 62.3 Å². The van der Waals surface area contributed by atoms with E-state index in [1.54, 1.807) is 24.4 Å². The number of halogens is 2. The zero-order valence-corrected chi connectivity index (χ0v) is 19.3. The molecule has 1 saturated carbocycles. The van der Waals surface area contributed by atoms with E-state index < -0.39 is 11.6 Å². The van der Waals surface area contributed by atoms with Crippen molar-refractivity contribution < 1.29 is 18.4 Å². The number of hydrogen-bond acceptors (Lipinski definition) is 3. The molecule has 1 aliphatic heterocycles. The van der Waals surface area contributed by atoms with E-state index in [4.69, 9.17) is 0 Å². The van der Waals surface area contributed by atoms with Crippen LogP contribution in [0.2, 0.25) is 0 Å². The smallest absolute Gasteiger partial charge is 0.252 e. The van der Waals surface area contributed by atoms with E-state index in [1.807, 2.05) is 18.7 Å². The van der Waals surface area contributed by atoms with Crippen LogP contribution in [0.25, 0.3) is 22.0 Å². The summed E-state index contributed by atoms with van der Waals surface area (Å²) in [4.78, 5) is 32.3. The summed E-state index contributed by atoms with van der Waals surface area (Å²) in [7, 11) is 0. The molecule has 0 bridgehead atoms. The normalized spacial score (nSPS) is 17.6. The third-order valence-electron chi connectivity index (χ3n) is 7.18. The van der Waals surface area contributed by atoms with Crippen molar-refractivity contribution in [2.24, 2.45) is 5.41 Å². The van der Waals surface area contributed by atoms with E-state index in [2.05, 4.69) is 10.3 Å². The summed E-state index contributed by atoms with van der Waals surface area (Å²) in [6.45, 7) is 5.11. The van der Waals surface area contributed by atoms with E-state index in [0.29, 0.717) is 53.5 Å². The number of amides is 2. The Morgan fingerprint density at radius 1 is 1.12 bits per heavy atom. The van der Waals surface area contributed by atoms with Crippen molar-refractivity contribution in [1.82, 2.24) is 15.2 Å². The largest absolute Gasteiger partial charge is 0.349 e. The zero-order chi connectivity index (χ0) is 24.0. The van der Waals surface area contributed by atoms with Crippen LogP contribution in [0.3, 0.4) is 0 Å². The van der Waals surface area contributed by atoms with Gasteiger partial charge in [0.1, 0.15) is 0 Å². The third kappa shape index (κ3) is 4.04. The molecule has 0 radical (unpaired) electrons. The minimum Gasteiger partial charge on any atom is -0.349 e. The quantitative estimate of drug-likeness (QED) is 0.592. The van der Waals surface area contributed by atoms with Gasteiger partial charge in [-0.3, -0.25) is 14.6 Å². The highest BCUT2D eigenvalue weighted by Gasteiger charge is 2.47. The van der Waals surface area contributed by atoms with Gasteiger partial charge in [-0.2, -0.15) is 0 Å². The second kappa shape index (κ2) is 8.46. The molecule has 1 aromatic heterocycles. The van der Waals surface area contributed by atoms with E-state index in [1.165, 1.54) is 12.1 Å². The lowest BCUT2D eigenvalue weighted by molar-refractivity contribution is -0.137. The number of carbonyl (C=O) groups excluding carboxylic acids is 2.